The van der Waals surface area contributed by atoms with E-state index in [0.29, 0.717) is 23.9 Å². The van der Waals surface area contributed by atoms with Gasteiger partial charge in [-0.3, -0.25) is 9.36 Å². The fourth-order valence-corrected chi connectivity index (χ4v) is 5.02. The third-order valence-electron chi connectivity index (χ3n) is 5.75. The molecular weight excluding hydrogens is 444 g/mol. The average molecular weight is 471 g/mol. The van der Waals surface area contributed by atoms with Gasteiger partial charge in [0.05, 0.1) is 18.4 Å². The number of carbonyl (C=O) groups excluding carboxylic acids is 1. The topological polar surface area (TPSA) is 61.9 Å². The lowest BCUT2D eigenvalue weighted by Crippen LogP contribution is -2.17. The Morgan fingerprint density at radius 1 is 1.28 bits per heavy atom. The Kier molecular flexibility index (Phi) is 7.18. The van der Waals surface area contributed by atoms with Crippen molar-refractivity contribution in [3.05, 3.63) is 65.0 Å². The van der Waals surface area contributed by atoms with Gasteiger partial charge in [-0.1, -0.05) is 29.4 Å². The second-order valence-electron chi connectivity index (χ2n) is 7.95. The molecule has 32 heavy (non-hydrogen) atoms. The lowest BCUT2D eigenvalue weighted by molar-refractivity contribution is 0.0953. The van der Waals surface area contributed by atoms with E-state index < -0.39 is 0 Å². The molecule has 0 aliphatic carbocycles. The Morgan fingerprint density at radius 2 is 2.06 bits per heavy atom. The zero-order valence-corrected chi connectivity index (χ0v) is 20.0. The van der Waals surface area contributed by atoms with Crippen LogP contribution in [0.25, 0.3) is 11.4 Å². The Morgan fingerprint density at radius 3 is 2.75 bits per heavy atom. The quantitative estimate of drug-likeness (QED) is 0.239. The highest BCUT2D eigenvalue weighted by molar-refractivity contribution is 7.99. The van der Waals surface area contributed by atoms with Crippen LogP contribution in [-0.4, -0.2) is 43.6 Å². The van der Waals surface area contributed by atoms with Gasteiger partial charge in [-0.2, -0.15) is 0 Å². The van der Waals surface area contributed by atoms with Crippen molar-refractivity contribution in [3.8, 4) is 11.4 Å². The molecule has 8 heteroatoms. The van der Waals surface area contributed by atoms with Gasteiger partial charge in [0.25, 0.3) is 0 Å². The highest BCUT2D eigenvalue weighted by Gasteiger charge is 2.23. The summed E-state index contributed by atoms with van der Waals surface area (Å²) in [4.78, 5) is 13.0. The van der Waals surface area contributed by atoms with Gasteiger partial charge in [-0.15, -0.1) is 16.8 Å². The Hall–Kier alpha value is -2.35. The van der Waals surface area contributed by atoms with Gasteiger partial charge < -0.3 is 9.30 Å². The summed E-state index contributed by atoms with van der Waals surface area (Å²) in [5.74, 6) is 1.14. The maximum atomic E-state index is 13.0. The maximum Gasteiger partial charge on any atom is 0.192 e. The van der Waals surface area contributed by atoms with Crippen LogP contribution in [0.5, 0.6) is 0 Å². The molecule has 2 aromatic heterocycles. The number of nitrogens with zero attached hydrogens (tertiary/aromatic N) is 4. The van der Waals surface area contributed by atoms with Crippen LogP contribution in [0.2, 0.25) is 5.02 Å². The summed E-state index contributed by atoms with van der Waals surface area (Å²) in [7, 11) is 0. The lowest BCUT2D eigenvalue weighted by Gasteiger charge is -2.14. The summed E-state index contributed by atoms with van der Waals surface area (Å²) in [5, 5.41) is 10.2. The standard InChI is InChI=1S/C24H27ClN4O2S/c1-4-11-28-16(2)13-21(17(28)3)22(30)15-32-24-27-26-23(18-7-9-19(25)10-8-18)29(24)14-20-6-5-12-31-20/h4,7-10,13,20H,1,5-6,11-12,14-15H2,2-3H3/t20-/m1/s1. The van der Waals surface area contributed by atoms with Gasteiger partial charge in [0.2, 0.25) is 0 Å². The molecule has 1 aliphatic rings. The molecule has 168 valence electrons. The summed E-state index contributed by atoms with van der Waals surface area (Å²) in [6, 6.07) is 9.52. The molecule has 3 heterocycles. The Balaban J connectivity index is 1.56. The Labute approximate surface area is 197 Å². The number of rotatable bonds is 9. The van der Waals surface area contributed by atoms with Crippen LogP contribution in [0.3, 0.4) is 0 Å². The van der Waals surface area contributed by atoms with Crippen LogP contribution in [0.15, 0.2) is 48.1 Å². The SMILES string of the molecule is C=CCn1c(C)cc(C(=O)CSc2nnc(-c3ccc(Cl)cc3)n2C[C@H]2CCCO2)c1C. The average Bonchev–Trinajstić information content (AvgIpc) is 3.50. The number of thioether (sulfide) groups is 1. The van der Waals surface area contributed by atoms with E-state index in [-0.39, 0.29) is 11.9 Å². The number of aromatic nitrogens is 4. The smallest absolute Gasteiger partial charge is 0.192 e. The molecule has 0 radical (unpaired) electrons. The molecule has 1 atom stereocenters. The molecule has 0 amide bonds. The predicted molar refractivity (Wildman–Crippen MR) is 129 cm³/mol. The number of hydrogen-bond acceptors (Lipinski definition) is 5. The van der Waals surface area contributed by atoms with E-state index >= 15 is 0 Å². The van der Waals surface area contributed by atoms with Crippen molar-refractivity contribution in [2.24, 2.45) is 0 Å². The van der Waals surface area contributed by atoms with Crippen molar-refractivity contribution in [1.82, 2.24) is 19.3 Å². The summed E-state index contributed by atoms with van der Waals surface area (Å²) in [6.45, 7) is 9.93. The zero-order valence-electron chi connectivity index (χ0n) is 18.4. The maximum absolute atomic E-state index is 13.0. The molecule has 4 rings (SSSR count). The Bertz CT molecular complexity index is 1110. The lowest BCUT2D eigenvalue weighted by atomic mass is 10.2. The van der Waals surface area contributed by atoms with Crippen LogP contribution < -0.4 is 0 Å². The number of aryl methyl sites for hydroxylation is 1. The molecule has 0 N–H and O–H groups in total. The molecular formula is C24H27ClN4O2S. The zero-order chi connectivity index (χ0) is 22.7. The second kappa shape index (κ2) is 10.1. The minimum Gasteiger partial charge on any atom is -0.376 e. The van der Waals surface area contributed by atoms with Gasteiger partial charge in [0.1, 0.15) is 0 Å². The summed E-state index contributed by atoms with van der Waals surface area (Å²) < 4.78 is 10.0. The first kappa shape index (κ1) is 22.8. The third-order valence-corrected chi connectivity index (χ3v) is 6.97. The number of carbonyl (C=O) groups is 1. The number of ether oxygens (including phenoxy) is 1. The summed E-state index contributed by atoms with van der Waals surface area (Å²) in [5.41, 5.74) is 3.71. The van der Waals surface area contributed by atoms with Crippen LogP contribution in [0.1, 0.15) is 34.6 Å². The van der Waals surface area contributed by atoms with Crippen LogP contribution in [0, 0.1) is 13.8 Å². The van der Waals surface area contributed by atoms with Crippen LogP contribution in [0.4, 0.5) is 0 Å². The number of hydrogen-bond donors (Lipinski definition) is 0. The molecule has 0 bridgehead atoms. The minimum absolute atomic E-state index is 0.0816. The van der Waals surface area contributed by atoms with Crippen molar-refractivity contribution in [2.75, 3.05) is 12.4 Å². The van der Waals surface area contributed by atoms with E-state index in [4.69, 9.17) is 16.3 Å². The molecule has 1 saturated heterocycles. The van der Waals surface area contributed by atoms with Gasteiger partial charge in [0.15, 0.2) is 16.8 Å². The van der Waals surface area contributed by atoms with Crippen LogP contribution >= 0.6 is 23.4 Å². The largest absolute Gasteiger partial charge is 0.376 e. The van der Waals surface area contributed by atoms with E-state index in [1.807, 2.05) is 50.3 Å². The van der Waals surface area contributed by atoms with Crippen molar-refractivity contribution < 1.29 is 9.53 Å². The first-order valence-corrected chi connectivity index (χ1v) is 12.1. The number of benzene rings is 1. The van der Waals surface area contributed by atoms with Gasteiger partial charge >= 0.3 is 0 Å². The number of halogens is 1. The second-order valence-corrected chi connectivity index (χ2v) is 9.33. The van der Waals surface area contributed by atoms with Crippen molar-refractivity contribution in [1.29, 1.82) is 0 Å². The highest BCUT2D eigenvalue weighted by atomic mass is 35.5. The van der Waals surface area contributed by atoms with E-state index in [1.54, 1.807) is 0 Å². The molecule has 1 fully saturated rings. The fraction of sp³-hybridized carbons (Fsp3) is 0.375. The van der Waals surface area contributed by atoms with Crippen molar-refractivity contribution in [3.63, 3.8) is 0 Å². The third kappa shape index (κ3) is 4.85. The van der Waals surface area contributed by atoms with Crippen LogP contribution in [-0.2, 0) is 17.8 Å². The van der Waals surface area contributed by atoms with Gasteiger partial charge in [0, 0.05) is 40.7 Å². The number of allylic oxidation sites excluding steroid dienone is 1. The molecule has 0 unspecified atom stereocenters. The predicted octanol–water partition coefficient (Wildman–Crippen LogP) is 5.36. The molecule has 1 aromatic carbocycles. The molecule has 6 nitrogen and oxygen atoms in total. The molecule has 0 spiro atoms. The van der Waals surface area contributed by atoms with E-state index in [1.165, 1.54) is 11.8 Å². The summed E-state index contributed by atoms with van der Waals surface area (Å²) in [6.07, 6.45) is 4.04. The monoisotopic (exact) mass is 470 g/mol. The van der Waals surface area contributed by atoms with E-state index in [2.05, 4.69) is 25.9 Å². The van der Waals surface area contributed by atoms with Gasteiger partial charge in [-0.05, 0) is 57.0 Å². The highest BCUT2D eigenvalue weighted by Crippen LogP contribution is 2.28. The first-order valence-electron chi connectivity index (χ1n) is 10.7. The van der Waals surface area contributed by atoms with Gasteiger partial charge in [-0.25, -0.2) is 0 Å². The van der Waals surface area contributed by atoms with Crippen molar-refractivity contribution >= 4 is 29.1 Å². The fourth-order valence-electron chi connectivity index (χ4n) is 4.07. The molecule has 3 aromatic rings. The normalized spacial score (nSPS) is 15.9. The molecule has 0 saturated carbocycles. The molecule has 1 aliphatic heterocycles. The van der Waals surface area contributed by atoms with Crippen molar-refractivity contribution in [2.45, 2.75) is 51.0 Å². The minimum atomic E-state index is 0.0816. The number of Topliss-reactive ketones (excluding diaryl/α,β-unsaturated/α-hetero) is 1. The summed E-state index contributed by atoms with van der Waals surface area (Å²) >= 11 is 7.48. The number of ketones is 1. The van der Waals surface area contributed by atoms with E-state index in [0.717, 1.165) is 52.9 Å². The van der Waals surface area contributed by atoms with E-state index in [9.17, 15) is 4.79 Å². The first-order chi connectivity index (χ1) is 15.5.